The smallest absolute Gasteiger partial charge is 0.347 e. The van der Waals surface area contributed by atoms with Crippen LogP contribution in [0.1, 0.15) is 32.2 Å². The summed E-state index contributed by atoms with van der Waals surface area (Å²) in [5, 5.41) is 26.6. The molecule has 0 aliphatic heterocycles. The third-order valence-electron chi connectivity index (χ3n) is 2.69. The molecular formula is C12H10N4O2S2. The van der Waals surface area contributed by atoms with Gasteiger partial charge in [-0.05, 0) is 38.1 Å². The molecule has 8 heteroatoms. The summed E-state index contributed by atoms with van der Waals surface area (Å²) in [4.78, 5) is 15.4. The Kier molecular flexibility index (Phi) is 4.01. The van der Waals surface area contributed by atoms with Crippen LogP contribution in [0.4, 0.5) is 0 Å². The summed E-state index contributed by atoms with van der Waals surface area (Å²) in [6.07, 6.45) is 0. The van der Waals surface area contributed by atoms with Gasteiger partial charge in [0.05, 0.1) is 17.0 Å². The van der Waals surface area contributed by atoms with Gasteiger partial charge in [0.1, 0.15) is 16.0 Å². The summed E-state index contributed by atoms with van der Waals surface area (Å²) >= 11 is 2.23. The van der Waals surface area contributed by atoms with Gasteiger partial charge >= 0.3 is 5.97 Å². The Morgan fingerprint density at radius 1 is 1.30 bits per heavy atom. The monoisotopic (exact) mass is 306 g/mol. The standard InChI is InChI=1S/C12H10N4O2S2/c1-5-6(2)15-16-10(8(5)4-13)20-12-14-7(3)9(19-12)11(17)18/h1-3H3,(H,17,18). The lowest BCUT2D eigenvalue weighted by Gasteiger charge is -2.04. The summed E-state index contributed by atoms with van der Waals surface area (Å²) in [6.45, 7) is 5.23. The van der Waals surface area contributed by atoms with Gasteiger partial charge < -0.3 is 5.11 Å². The number of hydrogen-bond acceptors (Lipinski definition) is 7. The van der Waals surface area contributed by atoms with Gasteiger partial charge in [0, 0.05) is 0 Å². The van der Waals surface area contributed by atoms with Gasteiger partial charge in [-0.15, -0.1) is 5.10 Å². The van der Waals surface area contributed by atoms with E-state index in [1.54, 1.807) is 13.8 Å². The molecule has 0 aliphatic rings. The minimum Gasteiger partial charge on any atom is -0.477 e. The molecule has 6 nitrogen and oxygen atoms in total. The number of thiazole rings is 1. The fourth-order valence-electron chi connectivity index (χ4n) is 1.49. The molecule has 0 saturated heterocycles. The second-order valence-electron chi connectivity index (χ2n) is 4.00. The second kappa shape index (κ2) is 5.56. The highest BCUT2D eigenvalue weighted by Gasteiger charge is 2.18. The lowest BCUT2D eigenvalue weighted by Crippen LogP contribution is -1.98. The lowest BCUT2D eigenvalue weighted by atomic mass is 10.1. The third-order valence-corrected chi connectivity index (χ3v) is 4.87. The van der Waals surface area contributed by atoms with Gasteiger partial charge in [-0.1, -0.05) is 11.3 Å². The Balaban J connectivity index is 2.41. The van der Waals surface area contributed by atoms with Crippen molar-refractivity contribution in [2.75, 3.05) is 0 Å². The Morgan fingerprint density at radius 3 is 2.55 bits per heavy atom. The normalized spacial score (nSPS) is 10.3. The van der Waals surface area contributed by atoms with Crippen LogP contribution >= 0.6 is 23.1 Å². The minimum atomic E-state index is -1.00. The first-order valence-electron chi connectivity index (χ1n) is 5.56. The van der Waals surface area contributed by atoms with Gasteiger partial charge in [-0.3, -0.25) is 0 Å². The van der Waals surface area contributed by atoms with Crippen molar-refractivity contribution in [3.63, 3.8) is 0 Å². The van der Waals surface area contributed by atoms with Gasteiger partial charge in [0.25, 0.3) is 0 Å². The van der Waals surface area contributed by atoms with Crippen LogP contribution in [-0.4, -0.2) is 26.3 Å². The number of carbonyl (C=O) groups is 1. The Bertz CT molecular complexity index is 734. The number of carboxylic acids is 1. The Morgan fingerprint density at radius 2 is 2.00 bits per heavy atom. The van der Waals surface area contributed by atoms with Crippen molar-refractivity contribution in [1.29, 1.82) is 5.26 Å². The highest BCUT2D eigenvalue weighted by Crippen LogP contribution is 2.34. The van der Waals surface area contributed by atoms with E-state index in [1.807, 2.05) is 6.92 Å². The van der Waals surface area contributed by atoms with Crippen LogP contribution in [0.15, 0.2) is 9.37 Å². The summed E-state index contributed by atoms with van der Waals surface area (Å²) in [6, 6.07) is 2.11. The maximum absolute atomic E-state index is 11.0. The van der Waals surface area contributed by atoms with Crippen LogP contribution in [0.3, 0.4) is 0 Å². The minimum absolute atomic E-state index is 0.197. The molecule has 0 atom stereocenters. The summed E-state index contributed by atoms with van der Waals surface area (Å²) in [5.74, 6) is -1.00. The van der Waals surface area contributed by atoms with Crippen molar-refractivity contribution in [2.45, 2.75) is 30.1 Å². The molecule has 20 heavy (non-hydrogen) atoms. The van der Waals surface area contributed by atoms with Crippen LogP contribution in [0.2, 0.25) is 0 Å². The molecule has 0 unspecified atom stereocenters. The van der Waals surface area contributed by atoms with Gasteiger partial charge in [0.2, 0.25) is 0 Å². The molecule has 1 N–H and O–H groups in total. The average Bonchev–Trinajstić information content (AvgIpc) is 2.75. The van der Waals surface area contributed by atoms with E-state index in [1.165, 1.54) is 0 Å². The topological polar surface area (TPSA) is 99.8 Å². The zero-order valence-electron chi connectivity index (χ0n) is 11.0. The van der Waals surface area contributed by atoms with Crippen molar-refractivity contribution < 1.29 is 9.90 Å². The predicted octanol–water partition coefficient (Wildman–Crippen LogP) is 2.58. The summed E-state index contributed by atoms with van der Waals surface area (Å²) < 4.78 is 0.536. The van der Waals surface area contributed by atoms with E-state index in [4.69, 9.17) is 5.11 Å². The van der Waals surface area contributed by atoms with Gasteiger partial charge in [0.15, 0.2) is 4.34 Å². The predicted molar refractivity (Wildman–Crippen MR) is 74.2 cm³/mol. The number of hydrogen-bond donors (Lipinski definition) is 1. The Labute approximate surface area is 123 Å². The molecule has 0 amide bonds. The van der Waals surface area contributed by atoms with Gasteiger partial charge in [-0.25, -0.2) is 9.78 Å². The van der Waals surface area contributed by atoms with E-state index in [0.29, 0.717) is 26.3 Å². The van der Waals surface area contributed by atoms with E-state index in [0.717, 1.165) is 28.7 Å². The molecule has 0 saturated carbocycles. The molecule has 102 valence electrons. The van der Waals surface area contributed by atoms with Gasteiger partial charge in [-0.2, -0.15) is 10.4 Å². The number of aromatic carboxylic acids is 1. The zero-order valence-corrected chi connectivity index (χ0v) is 12.6. The van der Waals surface area contributed by atoms with Crippen LogP contribution in [0, 0.1) is 32.1 Å². The maximum Gasteiger partial charge on any atom is 0.347 e. The number of aryl methyl sites for hydroxylation is 2. The molecule has 0 aliphatic carbocycles. The molecular weight excluding hydrogens is 296 g/mol. The number of aromatic nitrogens is 3. The molecule has 0 fully saturated rings. The van der Waals surface area contributed by atoms with Crippen LogP contribution in [-0.2, 0) is 0 Å². The number of carboxylic acid groups (broad SMARTS) is 1. The number of nitrogens with zero attached hydrogens (tertiary/aromatic N) is 4. The fraction of sp³-hybridized carbons (Fsp3) is 0.250. The molecule has 0 bridgehead atoms. The van der Waals surface area contributed by atoms with E-state index in [2.05, 4.69) is 21.3 Å². The van der Waals surface area contributed by atoms with Crippen molar-refractivity contribution >= 4 is 29.1 Å². The van der Waals surface area contributed by atoms with E-state index < -0.39 is 5.97 Å². The zero-order chi connectivity index (χ0) is 14.9. The number of rotatable bonds is 3. The van der Waals surface area contributed by atoms with E-state index in [-0.39, 0.29) is 4.88 Å². The van der Waals surface area contributed by atoms with Crippen LogP contribution in [0.25, 0.3) is 0 Å². The SMILES string of the molecule is Cc1nc(Sc2nnc(C)c(C)c2C#N)sc1C(=O)O. The molecule has 2 heterocycles. The molecule has 0 radical (unpaired) electrons. The second-order valence-corrected chi connectivity index (χ2v) is 6.24. The highest BCUT2D eigenvalue weighted by atomic mass is 32.2. The first kappa shape index (κ1) is 14.4. The van der Waals surface area contributed by atoms with E-state index in [9.17, 15) is 10.1 Å². The summed E-state index contributed by atoms with van der Waals surface area (Å²) in [7, 11) is 0. The van der Waals surface area contributed by atoms with Crippen LogP contribution in [0.5, 0.6) is 0 Å². The molecule has 2 aromatic heterocycles. The Hall–Kier alpha value is -1.98. The molecule has 0 spiro atoms. The largest absolute Gasteiger partial charge is 0.477 e. The van der Waals surface area contributed by atoms with Crippen molar-refractivity contribution in [3.8, 4) is 6.07 Å². The average molecular weight is 306 g/mol. The van der Waals surface area contributed by atoms with Crippen molar-refractivity contribution in [2.24, 2.45) is 0 Å². The molecule has 0 aromatic carbocycles. The summed E-state index contributed by atoms with van der Waals surface area (Å²) in [5.41, 5.74) is 2.39. The van der Waals surface area contributed by atoms with E-state index >= 15 is 0 Å². The number of nitriles is 1. The first-order chi connectivity index (χ1) is 9.43. The maximum atomic E-state index is 11.0. The highest BCUT2D eigenvalue weighted by molar-refractivity contribution is 8.01. The lowest BCUT2D eigenvalue weighted by molar-refractivity contribution is 0.0701. The third kappa shape index (κ3) is 2.64. The quantitative estimate of drug-likeness (QED) is 0.930. The first-order valence-corrected chi connectivity index (χ1v) is 7.20. The molecule has 2 aromatic rings. The van der Waals surface area contributed by atoms with Crippen molar-refractivity contribution in [1.82, 2.24) is 15.2 Å². The molecule has 2 rings (SSSR count). The van der Waals surface area contributed by atoms with Crippen molar-refractivity contribution in [3.05, 3.63) is 27.4 Å². The fourth-order valence-corrected chi connectivity index (χ4v) is 3.51. The van der Waals surface area contributed by atoms with Crippen LogP contribution < -0.4 is 0 Å².